The number of hydrogen-bond acceptors (Lipinski definition) is 3. The maximum Gasteiger partial charge on any atom is 0.0701 e. The molecule has 0 saturated heterocycles. The van der Waals surface area contributed by atoms with Crippen molar-refractivity contribution < 1.29 is 0 Å². The SMILES string of the molecule is NCC1CCCCC1NCc1ccc(Br)s1. The summed E-state index contributed by atoms with van der Waals surface area (Å²) in [6, 6.07) is 4.92. The summed E-state index contributed by atoms with van der Waals surface area (Å²) in [4.78, 5) is 1.40. The zero-order valence-electron chi connectivity index (χ0n) is 9.42. The zero-order valence-corrected chi connectivity index (χ0v) is 11.8. The second kappa shape index (κ2) is 6.15. The van der Waals surface area contributed by atoms with Crippen molar-refractivity contribution in [3.05, 3.63) is 20.8 Å². The van der Waals surface area contributed by atoms with Crippen molar-refractivity contribution in [2.75, 3.05) is 6.54 Å². The number of nitrogens with one attached hydrogen (secondary N) is 1. The van der Waals surface area contributed by atoms with E-state index in [1.807, 2.05) is 11.3 Å². The number of thiophene rings is 1. The fourth-order valence-corrected chi connectivity index (χ4v) is 3.87. The highest BCUT2D eigenvalue weighted by molar-refractivity contribution is 9.11. The zero-order chi connectivity index (χ0) is 11.4. The third-order valence-corrected chi connectivity index (χ3v) is 5.00. The van der Waals surface area contributed by atoms with Crippen molar-refractivity contribution >= 4 is 27.3 Å². The van der Waals surface area contributed by atoms with Gasteiger partial charge in [0, 0.05) is 17.5 Å². The van der Waals surface area contributed by atoms with Gasteiger partial charge in [-0.1, -0.05) is 12.8 Å². The van der Waals surface area contributed by atoms with E-state index in [0.29, 0.717) is 12.0 Å². The second-order valence-electron chi connectivity index (χ2n) is 4.47. The molecule has 0 aromatic carbocycles. The van der Waals surface area contributed by atoms with Gasteiger partial charge in [0.2, 0.25) is 0 Å². The van der Waals surface area contributed by atoms with Crippen LogP contribution in [-0.4, -0.2) is 12.6 Å². The molecule has 1 aromatic rings. The van der Waals surface area contributed by atoms with Crippen molar-refractivity contribution in [3.8, 4) is 0 Å². The molecular weight excluding hydrogens is 284 g/mol. The third kappa shape index (κ3) is 3.29. The summed E-state index contributed by atoms with van der Waals surface area (Å²) in [5.74, 6) is 0.678. The van der Waals surface area contributed by atoms with E-state index in [-0.39, 0.29) is 0 Å². The highest BCUT2D eigenvalue weighted by Crippen LogP contribution is 2.25. The van der Waals surface area contributed by atoms with Crippen LogP contribution in [0.15, 0.2) is 15.9 Å². The maximum absolute atomic E-state index is 5.82. The van der Waals surface area contributed by atoms with Gasteiger partial charge in [-0.25, -0.2) is 0 Å². The van der Waals surface area contributed by atoms with E-state index in [9.17, 15) is 0 Å². The molecular formula is C12H19BrN2S. The molecule has 0 aliphatic heterocycles. The second-order valence-corrected chi connectivity index (χ2v) is 7.02. The highest BCUT2D eigenvalue weighted by atomic mass is 79.9. The molecule has 3 N–H and O–H groups in total. The minimum absolute atomic E-state index is 0.625. The van der Waals surface area contributed by atoms with Crippen LogP contribution in [0.2, 0.25) is 0 Å². The molecule has 0 bridgehead atoms. The molecule has 0 spiro atoms. The first-order valence-electron chi connectivity index (χ1n) is 5.97. The van der Waals surface area contributed by atoms with E-state index in [4.69, 9.17) is 5.73 Å². The lowest BCUT2D eigenvalue weighted by Crippen LogP contribution is -2.41. The fraction of sp³-hybridized carbons (Fsp3) is 0.667. The highest BCUT2D eigenvalue weighted by Gasteiger charge is 2.23. The molecule has 1 aliphatic rings. The van der Waals surface area contributed by atoms with E-state index in [1.54, 1.807) is 0 Å². The molecule has 0 radical (unpaired) electrons. The first kappa shape index (κ1) is 12.6. The molecule has 16 heavy (non-hydrogen) atoms. The van der Waals surface area contributed by atoms with E-state index in [2.05, 4.69) is 33.4 Å². The molecule has 1 heterocycles. The van der Waals surface area contributed by atoms with Crippen LogP contribution in [0.25, 0.3) is 0 Å². The van der Waals surface area contributed by atoms with Gasteiger partial charge in [0.1, 0.15) is 0 Å². The molecule has 2 nitrogen and oxygen atoms in total. The summed E-state index contributed by atoms with van der Waals surface area (Å²) >= 11 is 5.30. The summed E-state index contributed by atoms with van der Waals surface area (Å²) in [6.07, 6.45) is 5.28. The van der Waals surface area contributed by atoms with Crippen molar-refractivity contribution in [1.82, 2.24) is 5.32 Å². The van der Waals surface area contributed by atoms with Crippen LogP contribution in [0.1, 0.15) is 30.6 Å². The third-order valence-electron chi connectivity index (χ3n) is 3.38. The van der Waals surface area contributed by atoms with Gasteiger partial charge in [0.15, 0.2) is 0 Å². The molecule has 4 heteroatoms. The van der Waals surface area contributed by atoms with Crippen LogP contribution in [0.5, 0.6) is 0 Å². The topological polar surface area (TPSA) is 38.0 Å². The van der Waals surface area contributed by atoms with Crippen molar-refractivity contribution in [1.29, 1.82) is 0 Å². The summed E-state index contributed by atoms with van der Waals surface area (Å²) in [5, 5.41) is 3.66. The number of hydrogen-bond donors (Lipinski definition) is 2. The molecule has 2 unspecified atom stereocenters. The quantitative estimate of drug-likeness (QED) is 0.897. The van der Waals surface area contributed by atoms with E-state index >= 15 is 0 Å². The average Bonchev–Trinajstić information content (AvgIpc) is 2.73. The summed E-state index contributed by atoms with van der Waals surface area (Å²) in [6.45, 7) is 1.81. The van der Waals surface area contributed by atoms with Gasteiger partial charge in [-0.3, -0.25) is 0 Å². The first-order valence-corrected chi connectivity index (χ1v) is 7.58. The minimum Gasteiger partial charge on any atom is -0.330 e. The van der Waals surface area contributed by atoms with Gasteiger partial charge in [-0.2, -0.15) is 0 Å². The van der Waals surface area contributed by atoms with Crippen LogP contribution in [0.3, 0.4) is 0 Å². The van der Waals surface area contributed by atoms with Gasteiger partial charge in [0.25, 0.3) is 0 Å². The summed E-state index contributed by atoms with van der Waals surface area (Å²) in [5.41, 5.74) is 5.82. The van der Waals surface area contributed by atoms with Crippen molar-refractivity contribution in [2.24, 2.45) is 11.7 Å². The lowest BCUT2D eigenvalue weighted by molar-refractivity contribution is 0.267. The molecule has 1 aromatic heterocycles. The van der Waals surface area contributed by atoms with Gasteiger partial charge >= 0.3 is 0 Å². The smallest absolute Gasteiger partial charge is 0.0701 e. The predicted octanol–water partition coefficient (Wildman–Crippen LogP) is 3.12. The Kier molecular flexibility index (Phi) is 4.82. The average molecular weight is 303 g/mol. The molecule has 2 atom stereocenters. The minimum atomic E-state index is 0.625. The molecule has 0 amide bonds. The Balaban J connectivity index is 1.84. The van der Waals surface area contributed by atoms with Gasteiger partial charge < -0.3 is 11.1 Å². The molecule has 2 rings (SSSR count). The lowest BCUT2D eigenvalue weighted by Gasteiger charge is -2.31. The van der Waals surface area contributed by atoms with Gasteiger partial charge in [0.05, 0.1) is 3.79 Å². The Labute approximate surface area is 110 Å². The van der Waals surface area contributed by atoms with Crippen LogP contribution in [-0.2, 0) is 6.54 Å². The first-order chi connectivity index (χ1) is 7.79. The van der Waals surface area contributed by atoms with Crippen molar-refractivity contribution in [3.63, 3.8) is 0 Å². The Morgan fingerprint density at radius 2 is 2.19 bits per heavy atom. The predicted molar refractivity (Wildman–Crippen MR) is 73.7 cm³/mol. The van der Waals surface area contributed by atoms with Crippen LogP contribution in [0, 0.1) is 5.92 Å². The maximum atomic E-state index is 5.82. The number of rotatable bonds is 4. The molecule has 1 aliphatic carbocycles. The Morgan fingerprint density at radius 1 is 1.38 bits per heavy atom. The van der Waals surface area contributed by atoms with Crippen LogP contribution in [0.4, 0.5) is 0 Å². The van der Waals surface area contributed by atoms with Gasteiger partial charge in [-0.05, 0) is 53.4 Å². The monoisotopic (exact) mass is 302 g/mol. The Bertz CT molecular complexity index is 327. The Morgan fingerprint density at radius 3 is 2.88 bits per heavy atom. The number of nitrogens with two attached hydrogens (primary N) is 1. The van der Waals surface area contributed by atoms with Crippen molar-refractivity contribution in [2.45, 2.75) is 38.3 Å². The summed E-state index contributed by atoms with van der Waals surface area (Å²) < 4.78 is 1.21. The fourth-order valence-electron chi connectivity index (χ4n) is 2.44. The lowest BCUT2D eigenvalue weighted by atomic mass is 9.84. The normalized spacial score (nSPS) is 25.9. The van der Waals surface area contributed by atoms with E-state index in [1.165, 1.54) is 34.3 Å². The Hall–Kier alpha value is 0.1000. The molecule has 90 valence electrons. The van der Waals surface area contributed by atoms with E-state index in [0.717, 1.165) is 13.1 Å². The van der Waals surface area contributed by atoms with Gasteiger partial charge in [-0.15, -0.1) is 11.3 Å². The standard InChI is InChI=1S/C12H19BrN2S/c13-12-6-5-10(16-12)8-15-11-4-2-1-3-9(11)7-14/h5-6,9,11,15H,1-4,7-8,14H2. The summed E-state index contributed by atoms with van der Waals surface area (Å²) in [7, 11) is 0. The molecule has 1 fully saturated rings. The van der Waals surface area contributed by atoms with Crippen LogP contribution >= 0.6 is 27.3 Å². The number of halogens is 1. The molecule has 1 saturated carbocycles. The van der Waals surface area contributed by atoms with Crippen LogP contribution < -0.4 is 11.1 Å². The largest absolute Gasteiger partial charge is 0.330 e. The van der Waals surface area contributed by atoms with E-state index < -0.39 is 0 Å².